The highest BCUT2D eigenvalue weighted by atomic mass is 16.5. The molecule has 1 aliphatic heterocycles. The smallest absolute Gasteiger partial charge is 0.321 e. The van der Waals surface area contributed by atoms with Crippen molar-refractivity contribution in [2.75, 3.05) is 32.6 Å². The first-order valence-corrected chi connectivity index (χ1v) is 8.77. The average Bonchev–Trinajstić information content (AvgIpc) is 3.11. The second-order valence-corrected chi connectivity index (χ2v) is 6.25. The molecule has 2 aromatic rings. The number of aryl methyl sites for hydroxylation is 1. The molecule has 0 bridgehead atoms. The van der Waals surface area contributed by atoms with Crippen LogP contribution in [-0.2, 0) is 11.3 Å². The summed E-state index contributed by atoms with van der Waals surface area (Å²) in [7, 11) is 3.13. The minimum atomic E-state index is -0.175. The number of rotatable bonds is 6. The van der Waals surface area contributed by atoms with E-state index in [0.717, 1.165) is 12.8 Å². The lowest BCUT2D eigenvalue weighted by Gasteiger charge is -2.32. The molecule has 1 unspecified atom stereocenters. The number of nitrogens with zero attached hydrogens (tertiary/aromatic N) is 3. The van der Waals surface area contributed by atoms with Gasteiger partial charge in [0.1, 0.15) is 6.61 Å². The number of urea groups is 1. The Morgan fingerprint density at radius 3 is 2.85 bits per heavy atom. The number of benzene rings is 1. The number of carbonyl (C=O) groups excluding carboxylic acids is 1. The maximum Gasteiger partial charge on any atom is 0.321 e. The van der Waals surface area contributed by atoms with Crippen LogP contribution in [0.25, 0.3) is 0 Å². The Hall–Kier alpha value is -2.81. The normalized spacial score (nSPS) is 16.9. The van der Waals surface area contributed by atoms with E-state index in [1.165, 1.54) is 0 Å². The van der Waals surface area contributed by atoms with Gasteiger partial charge in [-0.25, -0.2) is 4.79 Å². The number of nitrogens with one attached hydrogen (secondary N) is 1. The van der Waals surface area contributed by atoms with Crippen LogP contribution in [0.1, 0.15) is 24.6 Å². The molecular weight excluding hydrogens is 352 g/mol. The highest BCUT2D eigenvalue weighted by Gasteiger charge is 2.25. The molecule has 1 saturated heterocycles. The van der Waals surface area contributed by atoms with Crippen molar-refractivity contribution >= 4 is 11.7 Å². The standard InChI is InChI=1S/C18H24N4O5/c1-12-19-17(21-27-12)11-26-14-5-4-8-22(10-14)18(23)20-13-6-7-15(24-2)16(9-13)25-3/h6-7,9,14H,4-5,8,10-11H2,1-3H3,(H,20,23). The summed E-state index contributed by atoms with van der Waals surface area (Å²) in [6, 6.07) is 5.08. The van der Waals surface area contributed by atoms with E-state index in [9.17, 15) is 4.79 Å². The number of anilines is 1. The third-order valence-corrected chi connectivity index (χ3v) is 4.32. The SMILES string of the molecule is COc1ccc(NC(=O)N2CCCC(OCc3noc(C)n3)C2)cc1OC. The topological polar surface area (TPSA) is 99.0 Å². The molecular formula is C18H24N4O5. The molecule has 146 valence electrons. The summed E-state index contributed by atoms with van der Waals surface area (Å²) in [6.07, 6.45) is 1.69. The minimum Gasteiger partial charge on any atom is -0.493 e. The number of likely N-dealkylation sites (tertiary alicyclic amines) is 1. The van der Waals surface area contributed by atoms with Gasteiger partial charge in [-0.3, -0.25) is 0 Å². The largest absolute Gasteiger partial charge is 0.493 e. The molecule has 1 aromatic heterocycles. The van der Waals surface area contributed by atoms with Crippen LogP contribution in [0.5, 0.6) is 11.5 Å². The summed E-state index contributed by atoms with van der Waals surface area (Å²) in [5.41, 5.74) is 0.642. The number of aromatic nitrogens is 2. The number of amides is 2. The van der Waals surface area contributed by atoms with Crippen LogP contribution in [0.3, 0.4) is 0 Å². The third kappa shape index (κ3) is 4.88. The van der Waals surface area contributed by atoms with Crippen molar-refractivity contribution in [3.8, 4) is 11.5 Å². The Balaban J connectivity index is 1.55. The number of methoxy groups -OCH3 is 2. The molecule has 3 rings (SSSR count). The Bertz CT molecular complexity index is 779. The molecule has 2 heterocycles. The Labute approximate surface area is 157 Å². The van der Waals surface area contributed by atoms with Gasteiger partial charge in [0, 0.05) is 31.8 Å². The quantitative estimate of drug-likeness (QED) is 0.827. The Morgan fingerprint density at radius 2 is 2.15 bits per heavy atom. The van der Waals surface area contributed by atoms with Crippen LogP contribution in [0.2, 0.25) is 0 Å². The molecule has 0 spiro atoms. The van der Waals surface area contributed by atoms with Crippen LogP contribution < -0.4 is 14.8 Å². The fraction of sp³-hybridized carbons (Fsp3) is 0.500. The Kier molecular flexibility index (Phi) is 6.12. The van der Waals surface area contributed by atoms with E-state index in [1.54, 1.807) is 44.2 Å². The zero-order valence-electron chi connectivity index (χ0n) is 15.7. The van der Waals surface area contributed by atoms with Gasteiger partial charge in [0.05, 0.1) is 20.3 Å². The molecule has 0 radical (unpaired) electrons. The lowest BCUT2D eigenvalue weighted by molar-refractivity contribution is -0.00242. The zero-order valence-corrected chi connectivity index (χ0v) is 15.7. The summed E-state index contributed by atoms with van der Waals surface area (Å²) < 4.78 is 21.2. The molecule has 1 aromatic carbocycles. The second-order valence-electron chi connectivity index (χ2n) is 6.25. The van der Waals surface area contributed by atoms with Crippen LogP contribution in [-0.4, -0.2) is 54.5 Å². The van der Waals surface area contributed by atoms with E-state index in [2.05, 4.69) is 15.5 Å². The number of piperidine rings is 1. The molecule has 1 aliphatic rings. The van der Waals surface area contributed by atoms with E-state index in [-0.39, 0.29) is 18.7 Å². The van der Waals surface area contributed by atoms with Gasteiger partial charge in [-0.2, -0.15) is 4.98 Å². The van der Waals surface area contributed by atoms with Crippen molar-refractivity contribution < 1.29 is 23.5 Å². The van der Waals surface area contributed by atoms with Crippen LogP contribution in [0.4, 0.5) is 10.5 Å². The monoisotopic (exact) mass is 376 g/mol. The molecule has 27 heavy (non-hydrogen) atoms. The van der Waals surface area contributed by atoms with E-state index < -0.39 is 0 Å². The lowest BCUT2D eigenvalue weighted by atomic mass is 10.1. The summed E-state index contributed by atoms with van der Waals surface area (Å²) in [5, 5.41) is 6.71. The first-order valence-electron chi connectivity index (χ1n) is 8.77. The van der Waals surface area contributed by atoms with Crippen molar-refractivity contribution in [3.63, 3.8) is 0 Å². The van der Waals surface area contributed by atoms with Crippen LogP contribution in [0.15, 0.2) is 22.7 Å². The fourth-order valence-electron chi connectivity index (χ4n) is 2.97. The highest BCUT2D eigenvalue weighted by molar-refractivity contribution is 5.89. The molecule has 2 amide bonds. The lowest BCUT2D eigenvalue weighted by Crippen LogP contribution is -2.45. The van der Waals surface area contributed by atoms with Crippen molar-refractivity contribution in [2.24, 2.45) is 0 Å². The molecule has 1 N–H and O–H groups in total. The number of hydrogen-bond donors (Lipinski definition) is 1. The minimum absolute atomic E-state index is 0.0614. The molecule has 9 nitrogen and oxygen atoms in total. The Morgan fingerprint density at radius 1 is 1.33 bits per heavy atom. The molecule has 9 heteroatoms. The van der Waals surface area contributed by atoms with Crippen molar-refractivity contribution in [2.45, 2.75) is 32.5 Å². The summed E-state index contributed by atoms with van der Waals surface area (Å²) in [4.78, 5) is 18.5. The maximum atomic E-state index is 12.6. The van der Waals surface area contributed by atoms with Crippen molar-refractivity contribution in [1.82, 2.24) is 15.0 Å². The molecule has 1 atom stereocenters. The van der Waals surface area contributed by atoms with Crippen LogP contribution in [0, 0.1) is 6.92 Å². The average molecular weight is 376 g/mol. The third-order valence-electron chi connectivity index (χ3n) is 4.32. The maximum absolute atomic E-state index is 12.6. The van der Waals surface area contributed by atoms with Gasteiger partial charge in [-0.15, -0.1) is 0 Å². The first-order chi connectivity index (χ1) is 13.1. The predicted molar refractivity (Wildman–Crippen MR) is 97.0 cm³/mol. The van der Waals surface area contributed by atoms with Gasteiger partial charge in [0.2, 0.25) is 5.89 Å². The van der Waals surface area contributed by atoms with Gasteiger partial charge in [0.15, 0.2) is 17.3 Å². The molecule has 1 fully saturated rings. The molecule has 0 aliphatic carbocycles. The zero-order chi connectivity index (χ0) is 19.2. The first kappa shape index (κ1) is 19.0. The van der Waals surface area contributed by atoms with Gasteiger partial charge < -0.3 is 29.0 Å². The highest BCUT2D eigenvalue weighted by Crippen LogP contribution is 2.30. The van der Waals surface area contributed by atoms with E-state index in [4.69, 9.17) is 18.7 Å². The van der Waals surface area contributed by atoms with Gasteiger partial charge in [-0.05, 0) is 25.0 Å². The number of ether oxygens (including phenoxy) is 3. The summed E-state index contributed by atoms with van der Waals surface area (Å²) in [6.45, 7) is 3.20. The summed E-state index contributed by atoms with van der Waals surface area (Å²) >= 11 is 0. The van der Waals surface area contributed by atoms with Gasteiger partial charge in [0.25, 0.3) is 0 Å². The van der Waals surface area contributed by atoms with E-state index in [0.29, 0.717) is 42.0 Å². The molecule has 0 saturated carbocycles. The second kappa shape index (κ2) is 8.72. The van der Waals surface area contributed by atoms with Gasteiger partial charge >= 0.3 is 6.03 Å². The van der Waals surface area contributed by atoms with E-state index in [1.807, 2.05) is 0 Å². The van der Waals surface area contributed by atoms with Gasteiger partial charge in [-0.1, -0.05) is 5.16 Å². The van der Waals surface area contributed by atoms with E-state index >= 15 is 0 Å². The van der Waals surface area contributed by atoms with Crippen molar-refractivity contribution in [1.29, 1.82) is 0 Å². The fourth-order valence-corrected chi connectivity index (χ4v) is 2.97. The predicted octanol–water partition coefficient (Wildman–Crippen LogP) is 2.61. The summed E-state index contributed by atoms with van der Waals surface area (Å²) in [5.74, 6) is 2.19. The number of carbonyl (C=O) groups is 1. The van der Waals surface area contributed by atoms with Crippen LogP contribution >= 0.6 is 0 Å². The van der Waals surface area contributed by atoms with Crippen molar-refractivity contribution in [3.05, 3.63) is 29.9 Å². The number of hydrogen-bond acceptors (Lipinski definition) is 7.